The van der Waals surface area contributed by atoms with E-state index in [0.29, 0.717) is 56.8 Å². The zero-order chi connectivity index (χ0) is 27.1. The van der Waals surface area contributed by atoms with Crippen LogP contribution in [0.1, 0.15) is 53.4 Å². The van der Waals surface area contributed by atoms with Crippen LogP contribution in [0.15, 0.2) is 18.3 Å². The summed E-state index contributed by atoms with van der Waals surface area (Å²) in [7, 11) is 1.55. The van der Waals surface area contributed by atoms with Crippen LogP contribution in [0.25, 0.3) is 0 Å². The van der Waals surface area contributed by atoms with Crippen LogP contribution in [-0.4, -0.2) is 72.8 Å². The normalized spacial score (nSPS) is 16.0. The van der Waals surface area contributed by atoms with Gasteiger partial charge in [0.2, 0.25) is 0 Å². The van der Waals surface area contributed by atoms with Crippen molar-refractivity contribution in [1.29, 1.82) is 5.26 Å². The summed E-state index contributed by atoms with van der Waals surface area (Å²) < 4.78 is 16.1. The number of carbonyl (C=O) groups excluding carboxylic acids is 3. The van der Waals surface area contributed by atoms with Gasteiger partial charge in [-0.1, -0.05) is 0 Å². The number of ether oxygens (including phenoxy) is 3. The van der Waals surface area contributed by atoms with Crippen LogP contribution in [0.2, 0.25) is 0 Å². The highest BCUT2D eigenvalue weighted by Gasteiger charge is 2.28. The van der Waals surface area contributed by atoms with Crippen molar-refractivity contribution in [2.45, 2.75) is 45.3 Å². The number of anilines is 2. The van der Waals surface area contributed by atoms with E-state index in [2.05, 4.69) is 15.3 Å². The molecule has 2 aromatic heterocycles. The molecule has 2 aliphatic rings. The van der Waals surface area contributed by atoms with E-state index in [1.807, 2.05) is 12.1 Å². The van der Waals surface area contributed by atoms with Gasteiger partial charge in [-0.2, -0.15) is 5.26 Å². The summed E-state index contributed by atoms with van der Waals surface area (Å²) in [5.41, 5.74) is 1.81. The van der Waals surface area contributed by atoms with E-state index in [1.54, 1.807) is 18.9 Å². The number of pyridine rings is 2. The van der Waals surface area contributed by atoms with Crippen LogP contribution in [0, 0.1) is 11.3 Å². The lowest BCUT2D eigenvalue weighted by Crippen LogP contribution is -2.40. The van der Waals surface area contributed by atoms with Gasteiger partial charge in [0.05, 0.1) is 26.0 Å². The highest BCUT2D eigenvalue weighted by molar-refractivity contribution is 6.01. The third kappa shape index (κ3) is 6.18. The predicted molar refractivity (Wildman–Crippen MR) is 136 cm³/mol. The average molecular weight is 523 g/mol. The first-order valence-corrected chi connectivity index (χ1v) is 12.5. The molecule has 1 unspecified atom stereocenters. The molecule has 1 atom stereocenters. The second-order valence-corrected chi connectivity index (χ2v) is 9.12. The number of cyclic esters (lactones) is 1. The van der Waals surface area contributed by atoms with Gasteiger partial charge >= 0.3 is 12.1 Å². The van der Waals surface area contributed by atoms with Crippen LogP contribution in [0.3, 0.4) is 0 Å². The fraction of sp³-hybridized carbons (Fsp3) is 0.462. The molecule has 1 N–H and O–H groups in total. The molecule has 12 heteroatoms. The van der Waals surface area contributed by atoms with E-state index < -0.39 is 12.1 Å². The fourth-order valence-corrected chi connectivity index (χ4v) is 4.43. The fourth-order valence-electron chi connectivity index (χ4n) is 4.43. The Hall–Kier alpha value is -4.24. The molecular weight excluding hydrogens is 492 g/mol. The van der Waals surface area contributed by atoms with Gasteiger partial charge in [-0.15, -0.1) is 0 Å². The predicted octanol–water partition coefficient (Wildman–Crippen LogP) is 3.29. The Morgan fingerprint density at radius 2 is 2.16 bits per heavy atom. The number of amides is 3. The number of nitrogens with one attached hydrogen (secondary N) is 1. The molecule has 2 aliphatic heterocycles. The lowest BCUT2D eigenvalue weighted by atomic mass is 10.0. The Labute approximate surface area is 220 Å². The minimum Gasteiger partial charge on any atom is -0.487 e. The van der Waals surface area contributed by atoms with E-state index in [0.717, 1.165) is 18.4 Å². The molecule has 1 fully saturated rings. The smallest absolute Gasteiger partial charge is 0.410 e. The Balaban J connectivity index is 1.55. The molecule has 12 nitrogen and oxygen atoms in total. The van der Waals surface area contributed by atoms with Gasteiger partial charge in [-0.25, -0.2) is 19.6 Å². The Morgan fingerprint density at radius 3 is 2.92 bits per heavy atom. The zero-order valence-electron chi connectivity index (χ0n) is 21.4. The summed E-state index contributed by atoms with van der Waals surface area (Å²) in [5, 5.41) is 12.1. The lowest BCUT2D eigenvalue weighted by molar-refractivity contribution is 0.0919. The van der Waals surface area contributed by atoms with E-state index >= 15 is 0 Å². The maximum Gasteiger partial charge on any atom is 0.410 e. The number of hydrogen-bond acceptors (Lipinski definition) is 9. The Morgan fingerprint density at radius 1 is 1.32 bits per heavy atom. The number of aryl methyl sites for hydroxylation is 1. The number of nitrogens with zero attached hydrogens (tertiary/aromatic N) is 5. The number of aldehydes is 1. The average Bonchev–Trinajstić information content (AvgIpc) is 3.11. The first kappa shape index (κ1) is 26.8. The number of urea groups is 1. The van der Waals surface area contributed by atoms with Crippen molar-refractivity contribution in [2.75, 3.05) is 43.6 Å². The van der Waals surface area contributed by atoms with Gasteiger partial charge < -0.3 is 19.1 Å². The van der Waals surface area contributed by atoms with Gasteiger partial charge in [0, 0.05) is 31.8 Å². The van der Waals surface area contributed by atoms with Crippen molar-refractivity contribution < 1.29 is 28.6 Å². The number of nitriles is 1. The quantitative estimate of drug-likeness (QED) is 0.516. The molecule has 0 aromatic carbocycles. The largest absolute Gasteiger partial charge is 0.487 e. The van der Waals surface area contributed by atoms with Crippen LogP contribution >= 0.6 is 0 Å². The molecule has 0 spiro atoms. The summed E-state index contributed by atoms with van der Waals surface area (Å²) in [6.45, 7) is 3.65. The molecule has 4 heterocycles. The van der Waals surface area contributed by atoms with E-state index in [1.165, 1.54) is 17.2 Å². The van der Waals surface area contributed by atoms with Crippen molar-refractivity contribution in [2.24, 2.45) is 0 Å². The number of rotatable bonds is 8. The number of aromatic nitrogens is 2. The van der Waals surface area contributed by atoms with E-state index in [-0.39, 0.29) is 35.5 Å². The first-order chi connectivity index (χ1) is 18.4. The van der Waals surface area contributed by atoms with Crippen LogP contribution < -0.4 is 15.0 Å². The third-order valence-corrected chi connectivity index (χ3v) is 6.25. The van der Waals surface area contributed by atoms with Gasteiger partial charge in [0.1, 0.15) is 40.8 Å². The second kappa shape index (κ2) is 12.3. The number of methoxy groups -OCH3 is 1. The Kier molecular flexibility index (Phi) is 8.70. The highest BCUT2D eigenvalue weighted by Crippen LogP contribution is 2.29. The molecular formula is C26H30N6O6. The third-order valence-electron chi connectivity index (χ3n) is 6.25. The van der Waals surface area contributed by atoms with Gasteiger partial charge in [-0.05, 0) is 44.2 Å². The maximum atomic E-state index is 13.3. The van der Waals surface area contributed by atoms with Crippen molar-refractivity contribution >= 4 is 30.0 Å². The highest BCUT2D eigenvalue weighted by atomic mass is 16.6. The minimum absolute atomic E-state index is 0.166. The molecule has 0 aliphatic carbocycles. The van der Waals surface area contributed by atoms with E-state index in [9.17, 15) is 19.6 Å². The summed E-state index contributed by atoms with van der Waals surface area (Å²) in [6.07, 6.45) is 4.22. The molecule has 0 radical (unpaired) electrons. The summed E-state index contributed by atoms with van der Waals surface area (Å²) in [4.78, 5) is 49.2. The van der Waals surface area contributed by atoms with Gasteiger partial charge in [0.25, 0.3) is 0 Å². The number of carbonyl (C=O) groups is 3. The first-order valence-electron chi connectivity index (χ1n) is 12.5. The van der Waals surface area contributed by atoms with Crippen LogP contribution in [0.5, 0.6) is 5.75 Å². The SMILES string of the molecule is COCC(C)Oc1cc(NC(=O)N2CCCc3cc(CN4CCCCOC4=O)c(C=O)nc32)ncc1C#N. The maximum absolute atomic E-state index is 13.3. The van der Waals surface area contributed by atoms with Crippen molar-refractivity contribution in [3.8, 4) is 11.8 Å². The Bertz CT molecular complexity index is 1250. The molecule has 4 rings (SSSR count). The molecule has 0 bridgehead atoms. The summed E-state index contributed by atoms with van der Waals surface area (Å²) in [5.74, 6) is 0.865. The van der Waals surface area contributed by atoms with Crippen molar-refractivity contribution in [3.05, 3.63) is 40.7 Å². The monoisotopic (exact) mass is 522 g/mol. The second-order valence-electron chi connectivity index (χ2n) is 9.12. The van der Waals surface area contributed by atoms with Gasteiger partial charge in [-0.3, -0.25) is 15.0 Å². The number of fused-ring (bicyclic) bond motifs is 1. The summed E-state index contributed by atoms with van der Waals surface area (Å²) >= 11 is 0. The van der Waals surface area contributed by atoms with Crippen molar-refractivity contribution in [1.82, 2.24) is 14.9 Å². The topological polar surface area (TPSA) is 147 Å². The van der Waals surface area contributed by atoms with Crippen LogP contribution in [-0.2, 0) is 22.4 Å². The zero-order valence-corrected chi connectivity index (χ0v) is 21.4. The molecule has 3 amide bonds. The molecule has 2 aromatic rings. The standard InChI is InChI=1S/C26H30N6O6/c1-17(16-36-2)38-22-11-23(28-13-20(22)12-27)30-25(34)32-8-5-6-18-10-19(21(15-33)29-24(18)32)14-31-7-3-4-9-37-26(31)35/h10-11,13,15,17H,3-9,14,16H2,1-2H3,(H,28,30,34). The molecule has 200 valence electrons. The molecule has 38 heavy (non-hydrogen) atoms. The van der Waals surface area contributed by atoms with Crippen molar-refractivity contribution in [3.63, 3.8) is 0 Å². The van der Waals surface area contributed by atoms with E-state index in [4.69, 9.17) is 14.2 Å². The lowest BCUT2D eigenvalue weighted by Gasteiger charge is -2.29. The number of hydrogen-bond donors (Lipinski definition) is 1. The van der Waals surface area contributed by atoms with Gasteiger partial charge in [0.15, 0.2) is 6.29 Å². The van der Waals surface area contributed by atoms with Crippen LogP contribution in [0.4, 0.5) is 21.2 Å². The minimum atomic E-state index is -0.479. The molecule has 0 saturated carbocycles. The summed E-state index contributed by atoms with van der Waals surface area (Å²) in [6, 6.07) is 4.87. The molecule has 1 saturated heterocycles.